The molecule has 0 fully saturated rings. The highest BCUT2D eigenvalue weighted by molar-refractivity contribution is 7.92. The van der Waals surface area contributed by atoms with E-state index in [-0.39, 0.29) is 10.6 Å². The smallest absolute Gasteiger partial charge is 0.277 e. The summed E-state index contributed by atoms with van der Waals surface area (Å²) in [6.07, 6.45) is 0. The van der Waals surface area contributed by atoms with Crippen molar-refractivity contribution in [3.05, 3.63) is 95.6 Å². The number of rotatable bonds is 6. The van der Waals surface area contributed by atoms with E-state index in [4.69, 9.17) is 16.1 Å². The minimum absolute atomic E-state index is 0.00891. The van der Waals surface area contributed by atoms with Gasteiger partial charge in [0.2, 0.25) is 0 Å². The number of benzene rings is 3. The topological polar surface area (TPSA) is 101 Å². The standard InChI is InChI=1S/C22H16ClN3O4S/c23-16-9-11-17(12-10-16)26-31(28,29)19-8-4-7-18(13-19)24-22(27)20-14-21(30-25-20)15-5-2-1-3-6-15/h1-14,26H,(H,24,27). The average molecular weight is 454 g/mol. The molecule has 0 bridgehead atoms. The van der Waals surface area contributed by atoms with Crippen LogP contribution in [0.2, 0.25) is 5.02 Å². The summed E-state index contributed by atoms with van der Waals surface area (Å²) in [5.74, 6) is -0.0691. The van der Waals surface area contributed by atoms with Crippen LogP contribution in [-0.4, -0.2) is 19.5 Å². The molecule has 0 aliphatic rings. The molecule has 156 valence electrons. The first-order chi connectivity index (χ1) is 14.9. The van der Waals surface area contributed by atoms with Gasteiger partial charge in [-0.3, -0.25) is 9.52 Å². The Morgan fingerprint density at radius 3 is 2.35 bits per heavy atom. The zero-order valence-electron chi connectivity index (χ0n) is 15.9. The second-order valence-corrected chi connectivity index (χ2v) is 8.66. The molecule has 1 heterocycles. The summed E-state index contributed by atoms with van der Waals surface area (Å²) >= 11 is 5.83. The SMILES string of the molecule is O=C(Nc1cccc(S(=O)(=O)Nc2ccc(Cl)cc2)c1)c1cc(-c2ccccc2)on1. The van der Waals surface area contributed by atoms with Crippen LogP contribution in [0.25, 0.3) is 11.3 Å². The number of amides is 1. The van der Waals surface area contributed by atoms with E-state index >= 15 is 0 Å². The van der Waals surface area contributed by atoms with Crippen LogP contribution in [0.15, 0.2) is 94.3 Å². The first kappa shape index (κ1) is 20.6. The molecule has 1 aromatic heterocycles. The maximum atomic E-state index is 12.7. The van der Waals surface area contributed by atoms with E-state index in [0.717, 1.165) is 5.56 Å². The molecule has 0 unspecified atom stereocenters. The predicted octanol–water partition coefficient (Wildman–Crippen LogP) is 5.05. The van der Waals surface area contributed by atoms with Crippen molar-refractivity contribution < 1.29 is 17.7 Å². The molecular weight excluding hydrogens is 438 g/mol. The van der Waals surface area contributed by atoms with Crippen LogP contribution in [0.3, 0.4) is 0 Å². The van der Waals surface area contributed by atoms with Crippen LogP contribution in [0, 0.1) is 0 Å². The minimum Gasteiger partial charge on any atom is -0.355 e. The van der Waals surface area contributed by atoms with Gasteiger partial charge in [0.15, 0.2) is 11.5 Å². The van der Waals surface area contributed by atoms with Gasteiger partial charge in [0, 0.05) is 28.0 Å². The summed E-state index contributed by atoms with van der Waals surface area (Å²) < 4.78 is 33.0. The molecular formula is C22H16ClN3O4S. The molecule has 31 heavy (non-hydrogen) atoms. The number of anilines is 2. The Balaban J connectivity index is 1.50. The van der Waals surface area contributed by atoms with Crippen molar-refractivity contribution in [2.24, 2.45) is 0 Å². The summed E-state index contributed by atoms with van der Waals surface area (Å²) in [4.78, 5) is 12.5. The Bertz CT molecular complexity index is 1320. The van der Waals surface area contributed by atoms with Crippen molar-refractivity contribution in [1.29, 1.82) is 0 Å². The number of halogens is 1. The lowest BCUT2D eigenvalue weighted by Gasteiger charge is -2.10. The van der Waals surface area contributed by atoms with Gasteiger partial charge in [0.1, 0.15) is 0 Å². The fraction of sp³-hybridized carbons (Fsp3) is 0. The predicted molar refractivity (Wildman–Crippen MR) is 119 cm³/mol. The number of carbonyl (C=O) groups is 1. The minimum atomic E-state index is -3.86. The zero-order chi connectivity index (χ0) is 21.8. The van der Waals surface area contributed by atoms with E-state index < -0.39 is 15.9 Å². The van der Waals surface area contributed by atoms with Crippen molar-refractivity contribution in [3.8, 4) is 11.3 Å². The number of hydrogen-bond acceptors (Lipinski definition) is 5. The van der Waals surface area contributed by atoms with Gasteiger partial charge in [0.05, 0.1) is 4.90 Å². The molecule has 7 nitrogen and oxygen atoms in total. The average Bonchev–Trinajstić information content (AvgIpc) is 3.27. The molecule has 4 aromatic rings. The van der Waals surface area contributed by atoms with Gasteiger partial charge in [0.25, 0.3) is 15.9 Å². The third-order valence-electron chi connectivity index (χ3n) is 4.30. The van der Waals surface area contributed by atoms with Crippen LogP contribution < -0.4 is 10.0 Å². The third kappa shape index (κ3) is 4.93. The van der Waals surface area contributed by atoms with Crippen molar-refractivity contribution in [3.63, 3.8) is 0 Å². The Morgan fingerprint density at radius 1 is 0.871 bits per heavy atom. The zero-order valence-corrected chi connectivity index (χ0v) is 17.5. The molecule has 3 aromatic carbocycles. The number of nitrogens with one attached hydrogen (secondary N) is 2. The molecule has 0 saturated carbocycles. The molecule has 9 heteroatoms. The summed E-state index contributed by atoms with van der Waals surface area (Å²) in [5.41, 5.74) is 1.53. The summed E-state index contributed by atoms with van der Waals surface area (Å²) in [6, 6.07) is 22.9. The van der Waals surface area contributed by atoms with Crippen LogP contribution in [0.5, 0.6) is 0 Å². The van der Waals surface area contributed by atoms with Crippen LogP contribution in [0.4, 0.5) is 11.4 Å². The van der Waals surface area contributed by atoms with Gasteiger partial charge >= 0.3 is 0 Å². The van der Waals surface area contributed by atoms with Gasteiger partial charge in [-0.15, -0.1) is 0 Å². The lowest BCUT2D eigenvalue weighted by molar-refractivity contribution is 0.101. The maximum absolute atomic E-state index is 12.7. The number of carbonyl (C=O) groups excluding carboxylic acids is 1. The van der Waals surface area contributed by atoms with Crippen LogP contribution in [0.1, 0.15) is 10.5 Å². The van der Waals surface area contributed by atoms with Crippen molar-refractivity contribution in [2.45, 2.75) is 4.90 Å². The van der Waals surface area contributed by atoms with Gasteiger partial charge in [-0.1, -0.05) is 53.2 Å². The molecule has 0 spiro atoms. The molecule has 0 saturated heterocycles. The number of sulfonamides is 1. The van der Waals surface area contributed by atoms with Gasteiger partial charge in [-0.25, -0.2) is 8.42 Å². The first-order valence-corrected chi connectivity index (χ1v) is 11.0. The van der Waals surface area contributed by atoms with E-state index in [2.05, 4.69) is 15.2 Å². The highest BCUT2D eigenvalue weighted by atomic mass is 35.5. The molecule has 0 radical (unpaired) electrons. The second-order valence-electron chi connectivity index (χ2n) is 6.54. The fourth-order valence-electron chi connectivity index (χ4n) is 2.79. The summed E-state index contributed by atoms with van der Waals surface area (Å²) in [5, 5.41) is 6.93. The van der Waals surface area contributed by atoms with Crippen molar-refractivity contribution in [2.75, 3.05) is 10.0 Å². The number of hydrogen-bond donors (Lipinski definition) is 2. The normalized spacial score (nSPS) is 11.1. The third-order valence-corrected chi connectivity index (χ3v) is 5.93. The Kier molecular flexibility index (Phi) is 5.75. The van der Waals surface area contributed by atoms with E-state index in [9.17, 15) is 13.2 Å². The molecule has 0 aliphatic heterocycles. The maximum Gasteiger partial charge on any atom is 0.277 e. The van der Waals surface area contributed by atoms with E-state index in [0.29, 0.717) is 22.2 Å². The Morgan fingerprint density at radius 2 is 1.61 bits per heavy atom. The Labute approximate surface area is 183 Å². The molecule has 2 N–H and O–H groups in total. The Hall–Kier alpha value is -3.62. The number of aromatic nitrogens is 1. The summed E-state index contributed by atoms with van der Waals surface area (Å²) in [7, 11) is -3.86. The van der Waals surface area contributed by atoms with Crippen molar-refractivity contribution in [1.82, 2.24) is 5.16 Å². The van der Waals surface area contributed by atoms with E-state index in [1.807, 2.05) is 30.3 Å². The molecule has 0 aliphatic carbocycles. The van der Waals surface area contributed by atoms with E-state index in [1.54, 1.807) is 30.3 Å². The van der Waals surface area contributed by atoms with E-state index in [1.165, 1.54) is 24.3 Å². The molecule has 1 amide bonds. The van der Waals surface area contributed by atoms with Crippen LogP contribution in [-0.2, 0) is 10.0 Å². The van der Waals surface area contributed by atoms with Gasteiger partial charge in [-0.05, 0) is 42.5 Å². The summed E-state index contributed by atoms with van der Waals surface area (Å²) in [6.45, 7) is 0. The van der Waals surface area contributed by atoms with Crippen LogP contribution >= 0.6 is 11.6 Å². The van der Waals surface area contributed by atoms with Crippen molar-refractivity contribution >= 4 is 38.9 Å². The second kappa shape index (κ2) is 8.63. The number of nitrogens with zero attached hydrogens (tertiary/aromatic N) is 1. The lowest BCUT2D eigenvalue weighted by atomic mass is 10.1. The molecule has 4 rings (SSSR count). The molecule has 0 atom stereocenters. The fourth-order valence-corrected chi connectivity index (χ4v) is 4.02. The highest BCUT2D eigenvalue weighted by Gasteiger charge is 2.17. The lowest BCUT2D eigenvalue weighted by Crippen LogP contribution is -2.15. The largest absolute Gasteiger partial charge is 0.355 e. The monoisotopic (exact) mass is 453 g/mol. The first-order valence-electron chi connectivity index (χ1n) is 9.13. The highest BCUT2D eigenvalue weighted by Crippen LogP contribution is 2.23. The quantitative estimate of drug-likeness (QED) is 0.425. The van der Waals surface area contributed by atoms with Gasteiger partial charge in [-0.2, -0.15) is 0 Å². The van der Waals surface area contributed by atoms with Gasteiger partial charge < -0.3 is 9.84 Å².